The Hall–Kier alpha value is -3.48. The van der Waals surface area contributed by atoms with Crippen molar-refractivity contribution in [3.63, 3.8) is 0 Å². The lowest BCUT2D eigenvalue weighted by Gasteiger charge is -2.17. The van der Waals surface area contributed by atoms with E-state index in [0.717, 1.165) is 11.3 Å². The predicted molar refractivity (Wildman–Crippen MR) is 99.4 cm³/mol. The third kappa shape index (κ3) is 4.20. The molecule has 1 amide bonds. The lowest BCUT2D eigenvalue weighted by molar-refractivity contribution is -0.141. The van der Waals surface area contributed by atoms with Gasteiger partial charge in [-0.25, -0.2) is 4.68 Å². The molecule has 0 unspecified atom stereocenters. The number of hydrogen-bond donors (Lipinski definition) is 1. The summed E-state index contributed by atoms with van der Waals surface area (Å²) in [5, 5.41) is 11.0. The molecule has 7 nitrogen and oxygen atoms in total. The Bertz CT molecular complexity index is 923. The van der Waals surface area contributed by atoms with Crippen molar-refractivity contribution < 1.29 is 14.3 Å². The maximum atomic E-state index is 12.8. The summed E-state index contributed by atoms with van der Waals surface area (Å²) in [4.78, 5) is 24.5. The Morgan fingerprint density at radius 3 is 2.33 bits per heavy atom. The fourth-order valence-corrected chi connectivity index (χ4v) is 2.77. The summed E-state index contributed by atoms with van der Waals surface area (Å²) in [7, 11) is 1.32. The summed E-state index contributed by atoms with van der Waals surface area (Å²) in [6.45, 7) is 1.78. The first-order valence-corrected chi connectivity index (χ1v) is 8.50. The van der Waals surface area contributed by atoms with Crippen molar-refractivity contribution in [3.05, 3.63) is 77.6 Å². The SMILES string of the molecule is COC(=O)C[C@@H](NC(=O)c1nnn(-c2ccccc2)c1C)c1ccccc1. The van der Waals surface area contributed by atoms with Crippen molar-refractivity contribution in [2.75, 3.05) is 7.11 Å². The molecule has 0 aliphatic rings. The van der Waals surface area contributed by atoms with Crippen molar-refractivity contribution in [1.29, 1.82) is 0 Å². The largest absolute Gasteiger partial charge is 0.469 e. The molecule has 0 saturated carbocycles. The Morgan fingerprint density at radius 1 is 1.07 bits per heavy atom. The zero-order valence-electron chi connectivity index (χ0n) is 15.1. The number of amides is 1. The monoisotopic (exact) mass is 364 g/mol. The van der Waals surface area contributed by atoms with E-state index in [2.05, 4.69) is 15.6 Å². The number of nitrogens with one attached hydrogen (secondary N) is 1. The van der Waals surface area contributed by atoms with E-state index in [-0.39, 0.29) is 12.1 Å². The van der Waals surface area contributed by atoms with Crippen molar-refractivity contribution in [2.45, 2.75) is 19.4 Å². The highest BCUT2D eigenvalue weighted by atomic mass is 16.5. The molecule has 2 aromatic carbocycles. The summed E-state index contributed by atoms with van der Waals surface area (Å²) < 4.78 is 6.36. The van der Waals surface area contributed by atoms with Crippen LogP contribution in [0.1, 0.15) is 34.2 Å². The smallest absolute Gasteiger partial charge is 0.307 e. The first-order chi connectivity index (χ1) is 13.1. The molecule has 7 heteroatoms. The molecule has 0 saturated heterocycles. The van der Waals surface area contributed by atoms with Gasteiger partial charge in [0.1, 0.15) is 0 Å². The van der Waals surface area contributed by atoms with Gasteiger partial charge < -0.3 is 10.1 Å². The summed E-state index contributed by atoms with van der Waals surface area (Å²) in [5.74, 6) is -0.804. The molecule has 3 aromatic rings. The zero-order valence-corrected chi connectivity index (χ0v) is 15.1. The second-order valence-corrected chi connectivity index (χ2v) is 5.99. The molecule has 1 heterocycles. The van der Waals surface area contributed by atoms with Crippen LogP contribution in [0.5, 0.6) is 0 Å². The number of ether oxygens (including phenoxy) is 1. The van der Waals surface area contributed by atoms with E-state index >= 15 is 0 Å². The van der Waals surface area contributed by atoms with Crippen LogP contribution in [-0.2, 0) is 9.53 Å². The number of nitrogens with zero attached hydrogens (tertiary/aromatic N) is 3. The quantitative estimate of drug-likeness (QED) is 0.680. The van der Waals surface area contributed by atoms with E-state index < -0.39 is 17.9 Å². The third-order valence-electron chi connectivity index (χ3n) is 4.22. The predicted octanol–water partition coefficient (Wildman–Crippen LogP) is 2.61. The number of rotatable bonds is 6. The molecule has 27 heavy (non-hydrogen) atoms. The number of para-hydroxylation sites is 1. The van der Waals surface area contributed by atoms with Crippen LogP contribution < -0.4 is 5.32 Å². The lowest BCUT2D eigenvalue weighted by atomic mass is 10.0. The topological polar surface area (TPSA) is 86.1 Å². The molecule has 1 aromatic heterocycles. The first-order valence-electron chi connectivity index (χ1n) is 8.50. The lowest BCUT2D eigenvalue weighted by Crippen LogP contribution is -2.31. The molecular formula is C20H20N4O3. The number of methoxy groups -OCH3 is 1. The Morgan fingerprint density at radius 2 is 1.70 bits per heavy atom. The molecule has 3 rings (SSSR count). The molecule has 1 atom stereocenters. The molecule has 0 bridgehead atoms. The molecule has 0 spiro atoms. The molecule has 138 valence electrons. The average Bonchev–Trinajstić information content (AvgIpc) is 3.10. The van der Waals surface area contributed by atoms with E-state index in [0.29, 0.717) is 5.69 Å². The summed E-state index contributed by atoms with van der Waals surface area (Å²) >= 11 is 0. The van der Waals surface area contributed by atoms with Gasteiger partial charge in [-0.3, -0.25) is 9.59 Å². The van der Waals surface area contributed by atoms with Crippen LogP contribution in [0.25, 0.3) is 5.69 Å². The average molecular weight is 364 g/mol. The molecule has 0 radical (unpaired) electrons. The van der Waals surface area contributed by atoms with Gasteiger partial charge in [0, 0.05) is 0 Å². The van der Waals surface area contributed by atoms with E-state index in [9.17, 15) is 9.59 Å². The number of carbonyl (C=O) groups is 2. The molecular weight excluding hydrogens is 344 g/mol. The highest BCUT2D eigenvalue weighted by molar-refractivity contribution is 5.93. The highest BCUT2D eigenvalue weighted by Gasteiger charge is 2.23. The Balaban J connectivity index is 1.84. The summed E-state index contributed by atoms with van der Waals surface area (Å²) in [5.41, 5.74) is 2.45. The second-order valence-electron chi connectivity index (χ2n) is 5.99. The molecule has 0 aliphatic carbocycles. The number of esters is 1. The first kappa shape index (κ1) is 18.3. The van der Waals surface area contributed by atoms with E-state index in [1.165, 1.54) is 7.11 Å². The van der Waals surface area contributed by atoms with Crippen molar-refractivity contribution in [3.8, 4) is 5.69 Å². The summed E-state index contributed by atoms with van der Waals surface area (Å²) in [6.07, 6.45) is 0.0259. The van der Waals surface area contributed by atoms with Crippen LogP contribution in [-0.4, -0.2) is 34.0 Å². The second kappa shape index (κ2) is 8.27. The van der Waals surface area contributed by atoms with Crippen LogP contribution in [0.3, 0.4) is 0 Å². The molecule has 0 fully saturated rings. The van der Waals surface area contributed by atoms with Crippen molar-refractivity contribution in [2.24, 2.45) is 0 Å². The third-order valence-corrected chi connectivity index (χ3v) is 4.22. The van der Waals surface area contributed by atoms with Crippen LogP contribution in [0, 0.1) is 6.92 Å². The van der Waals surface area contributed by atoms with Gasteiger partial charge in [-0.15, -0.1) is 5.10 Å². The van der Waals surface area contributed by atoms with Gasteiger partial charge in [0.2, 0.25) is 0 Å². The fraction of sp³-hybridized carbons (Fsp3) is 0.200. The van der Waals surface area contributed by atoms with Gasteiger partial charge >= 0.3 is 5.97 Å². The van der Waals surface area contributed by atoms with Gasteiger partial charge in [0.25, 0.3) is 5.91 Å². The van der Waals surface area contributed by atoms with Gasteiger partial charge in [0.05, 0.1) is 31.0 Å². The van der Waals surface area contributed by atoms with Crippen LogP contribution in [0.15, 0.2) is 60.7 Å². The van der Waals surface area contributed by atoms with Crippen LogP contribution in [0.4, 0.5) is 0 Å². The van der Waals surface area contributed by atoms with Gasteiger partial charge in [-0.2, -0.15) is 0 Å². The molecule has 1 N–H and O–H groups in total. The zero-order chi connectivity index (χ0) is 19.2. The van der Waals surface area contributed by atoms with Gasteiger partial charge in [0.15, 0.2) is 5.69 Å². The maximum absolute atomic E-state index is 12.8. The van der Waals surface area contributed by atoms with Gasteiger partial charge in [-0.1, -0.05) is 53.7 Å². The number of aromatic nitrogens is 3. The number of carbonyl (C=O) groups excluding carboxylic acids is 2. The minimum absolute atomic E-state index is 0.0259. The van der Waals surface area contributed by atoms with E-state index in [1.807, 2.05) is 60.7 Å². The standard InChI is InChI=1S/C20H20N4O3/c1-14-19(22-23-24(14)16-11-7-4-8-12-16)20(26)21-17(13-18(25)27-2)15-9-5-3-6-10-15/h3-12,17H,13H2,1-2H3,(H,21,26)/t17-/m1/s1. The fourth-order valence-electron chi connectivity index (χ4n) is 2.77. The van der Waals surface area contributed by atoms with Crippen LogP contribution in [0.2, 0.25) is 0 Å². The molecule has 0 aliphatic heterocycles. The number of hydrogen-bond acceptors (Lipinski definition) is 5. The Labute approximate surface area is 157 Å². The highest BCUT2D eigenvalue weighted by Crippen LogP contribution is 2.19. The van der Waals surface area contributed by atoms with Crippen molar-refractivity contribution in [1.82, 2.24) is 20.3 Å². The van der Waals surface area contributed by atoms with E-state index in [4.69, 9.17) is 4.74 Å². The van der Waals surface area contributed by atoms with Gasteiger partial charge in [-0.05, 0) is 24.6 Å². The van der Waals surface area contributed by atoms with E-state index in [1.54, 1.807) is 11.6 Å². The number of benzene rings is 2. The summed E-state index contributed by atoms with van der Waals surface area (Å²) in [6, 6.07) is 18.2. The van der Waals surface area contributed by atoms with Crippen molar-refractivity contribution >= 4 is 11.9 Å². The maximum Gasteiger partial charge on any atom is 0.307 e. The van der Waals surface area contributed by atoms with Crippen LogP contribution >= 0.6 is 0 Å². The minimum Gasteiger partial charge on any atom is -0.469 e. The minimum atomic E-state index is -0.521. The Kier molecular flexibility index (Phi) is 5.61. The normalized spacial score (nSPS) is 11.6.